The molecule has 34 heavy (non-hydrogen) atoms. The summed E-state index contributed by atoms with van der Waals surface area (Å²) in [5, 5.41) is 0.883. The molecule has 4 rings (SSSR count). The van der Waals surface area contributed by atoms with Gasteiger partial charge in [-0.15, -0.1) is 5.92 Å². The summed E-state index contributed by atoms with van der Waals surface area (Å²) in [6.45, 7) is 6.23. The van der Waals surface area contributed by atoms with Crippen LogP contribution >= 0.6 is 0 Å². The van der Waals surface area contributed by atoms with Crippen molar-refractivity contribution in [3.63, 3.8) is 0 Å². The van der Waals surface area contributed by atoms with Crippen molar-refractivity contribution in [2.75, 3.05) is 18.5 Å². The SMILES string of the molecule is CC#CCn1c(N(C)CC(C)(C)N)nc2c1c(=O)n(Cc1ncc3ccccc3n1)c(=O)n2C. The molecule has 1 aromatic carbocycles. The van der Waals surface area contributed by atoms with E-state index in [1.54, 1.807) is 24.7 Å². The molecule has 0 amide bonds. The predicted octanol–water partition coefficient (Wildman–Crippen LogP) is 1.09. The maximum absolute atomic E-state index is 13.6. The van der Waals surface area contributed by atoms with Gasteiger partial charge in [-0.25, -0.2) is 14.8 Å². The molecule has 0 aliphatic heterocycles. The van der Waals surface area contributed by atoms with E-state index < -0.39 is 16.8 Å². The summed E-state index contributed by atoms with van der Waals surface area (Å²) in [7, 11) is 3.45. The first-order valence-electron chi connectivity index (χ1n) is 10.9. The zero-order valence-corrected chi connectivity index (χ0v) is 20.0. The zero-order chi connectivity index (χ0) is 24.6. The molecule has 2 N–H and O–H groups in total. The van der Waals surface area contributed by atoms with Gasteiger partial charge in [0.15, 0.2) is 11.2 Å². The molecule has 176 valence electrons. The summed E-state index contributed by atoms with van der Waals surface area (Å²) < 4.78 is 4.25. The van der Waals surface area contributed by atoms with Crippen LogP contribution in [0.25, 0.3) is 22.1 Å². The van der Waals surface area contributed by atoms with Crippen molar-refractivity contribution >= 4 is 28.0 Å². The minimum atomic E-state index is -0.492. The van der Waals surface area contributed by atoms with E-state index in [0.717, 1.165) is 15.5 Å². The number of likely N-dealkylation sites (N-methyl/N-ethyl adjacent to an activating group) is 1. The molecule has 0 saturated carbocycles. The Balaban J connectivity index is 1.90. The molecule has 10 nitrogen and oxygen atoms in total. The predicted molar refractivity (Wildman–Crippen MR) is 133 cm³/mol. The third-order valence-electron chi connectivity index (χ3n) is 5.45. The monoisotopic (exact) mass is 460 g/mol. The summed E-state index contributed by atoms with van der Waals surface area (Å²) in [6, 6.07) is 7.55. The molecule has 0 aliphatic rings. The van der Waals surface area contributed by atoms with E-state index >= 15 is 0 Å². The number of rotatable bonds is 6. The molecule has 0 unspecified atom stereocenters. The topological polar surface area (TPSA) is 117 Å². The minimum Gasteiger partial charge on any atom is -0.343 e. The van der Waals surface area contributed by atoms with Crippen molar-refractivity contribution in [3.8, 4) is 11.8 Å². The first kappa shape index (κ1) is 23.2. The Bertz CT molecular complexity index is 1560. The van der Waals surface area contributed by atoms with Gasteiger partial charge in [0.05, 0.1) is 18.6 Å². The average molecular weight is 461 g/mol. The number of fused-ring (bicyclic) bond motifs is 2. The van der Waals surface area contributed by atoms with Crippen LogP contribution in [-0.2, 0) is 20.1 Å². The average Bonchev–Trinajstić information content (AvgIpc) is 3.18. The molecule has 3 aromatic heterocycles. The smallest absolute Gasteiger partial charge is 0.332 e. The first-order chi connectivity index (χ1) is 16.1. The van der Waals surface area contributed by atoms with E-state index in [2.05, 4.69) is 26.8 Å². The lowest BCUT2D eigenvalue weighted by Gasteiger charge is -2.27. The highest BCUT2D eigenvalue weighted by Gasteiger charge is 2.24. The summed E-state index contributed by atoms with van der Waals surface area (Å²) in [5.41, 5.74) is 6.09. The fourth-order valence-corrected chi connectivity index (χ4v) is 4.01. The largest absolute Gasteiger partial charge is 0.343 e. The third-order valence-corrected chi connectivity index (χ3v) is 5.45. The van der Waals surface area contributed by atoms with Crippen molar-refractivity contribution < 1.29 is 0 Å². The number of anilines is 1. The lowest BCUT2D eigenvalue weighted by Crippen LogP contribution is -2.44. The number of benzene rings is 1. The summed E-state index contributed by atoms with van der Waals surface area (Å²) >= 11 is 0. The van der Waals surface area contributed by atoms with Crippen LogP contribution in [-0.4, -0.2) is 47.8 Å². The normalized spacial score (nSPS) is 11.6. The lowest BCUT2D eigenvalue weighted by atomic mass is 10.1. The summed E-state index contributed by atoms with van der Waals surface area (Å²) in [4.78, 5) is 42.2. The van der Waals surface area contributed by atoms with E-state index in [9.17, 15) is 9.59 Å². The lowest BCUT2D eigenvalue weighted by molar-refractivity contribution is 0.512. The molecule has 0 spiro atoms. The quantitative estimate of drug-likeness (QED) is 0.428. The van der Waals surface area contributed by atoms with Crippen molar-refractivity contribution in [1.29, 1.82) is 0 Å². The van der Waals surface area contributed by atoms with Crippen molar-refractivity contribution in [1.82, 2.24) is 28.7 Å². The van der Waals surface area contributed by atoms with Gasteiger partial charge in [0.2, 0.25) is 5.95 Å². The van der Waals surface area contributed by atoms with Crippen LogP contribution in [0.15, 0.2) is 40.1 Å². The van der Waals surface area contributed by atoms with Gasteiger partial charge < -0.3 is 10.6 Å². The number of hydrogen-bond donors (Lipinski definition) is 1. The molecular formula is C24H28N8O2. The molecule has 10 heteroatoms. The van der Waals surface area contributed by atoms with Gasteiger partial charge in [-0.05, 0) is 26.8 Å². The van der Waals surface area contributed by atoms with Gasteiger partial charge in [0.25, 0.3) is 5.56 Å². The first-order valence-corrected chi connectivity index (χ1v) is 10.9. The van der Waals surface area contributed by atoms with Crippen LogP contribution in [0, 0.1) is 11.8 Å². The van der Waals surface area contributed by atoms with Crippen molar-refractivity contribution in [2.24, 2.45) is 12.8 Å². The molecule has 3 heterocycles. The molecular weight excluding hydrogens is 432 g/mol. The standard InChI is InChI=1S/C24H28N8O2/c1-6-7-12-31-19-20(28-22(31)29(4)15-24(2,3)25)30(5)23(34)32(21(19)33)14-18-26-13-16-10-8-9-11-17(16)27-18/h8-11,13H,12,14-15,25H2,1-5H3. The summed E-state index contributed by atoms with van der Waals surface area (Å²) in [5.74, 6) is 6.76. The highest BCUT2D eigenvalue weighted by atomic mass is 16.2. The van der Waals surface area contributed by atoms with E-state index in [-0.39, 0.29) is 13.1 Å². The van der Waals surface area contributed by atoms with E-state index in [0.29, 0.717) is 29.5 Å². The van der Waals surface area contributed by atoms with Crippen molar-refractivity contribution in [2.45, 2.75) is 39.4 Å². The van der Waals surface area contributed by atoms with Crippen molar-refractivity contribution in [3.05, 3.63) is 57.1 Å². The number of imidazole rings is 1. The Hall–Kier alpha value is -3.97. The Morgan fingerprint density at radius 2 is 1.88 bits per heavy atom. The molecule has 0 atom stereocenters. The summed E-state index contributed by atoms with van der Waals surface area (Å²) in [6.07, 6.45) is 1.69. The molecule has 0 saturated heterocycles. The number of aromatic nitrogens is 6. The fraction of sp³-hybridized carbons (Fsp3) is 0.375. The van der Waals surface area contributed by atoms with Gasteiger partial charge in [-0.1, -0.05) is 24.1 Å². The third kappa shape index (κ3) is 4.30. The highest BCUT2D eigenvalue weighted by Crippen LogP contribution is 2.20. The maximum Gasteiger partial charge on any atom is 0.332 e. The second kappa shape index (κ2) is 8.76. The maximum atomic E-state index is 13.6. The van der Waals surface area contributed by atoms with Crippen LogP contribution in [0.1, 0.15) is 26.6 Å². The minimum absolute atomic E-state index is 0.0576. The van der Waals surface area contributed by atoms with Crippen LogP contribution in [0.5, 0.6) is 0 Å². The number of aryl methyl sites for hydroxylation is 1. The van der Waals surface area contributed by atoms with E-state index in [1.807, 2.05) is 50.1 Å². The van der Waals surface area contributed by atoms with E-state index in [1.165, 1.54) is 4.57 Å². The Morgan fingerprint density at radius 3 is 2.59 bits per heavy atom. The second-order valence-corrected chi connectivity index (χ2v) is 9.02. The Morgan fingerprint density at radius 1 is 1.15 bits per heavy atom. The number of para-hydroxylation sites is 1. The fourth-order valence-electron chi connectivity index (χ4n) is 4.01. The van der Waals surface area contributed by atoms with E-state index in [4.69, 9.17) is 5.73 Å². The molecule has 0 aliphatic carbocycles. The van der Waals surface area contributed by atoms with Crippen LogP contribution in [0.3, 0.4) is 0 Å². The van der Waals surface area contributed by atoms with Gasteiger partial charge in [-0.3, -0.25) is 18.5 Å². The van der Waals surface area contributed by atoms with Gasteiger partial charge in [0.1, 0.15) is 5.82 Å². The van der Waals surface area contributed by atoms with Crippen LogP contribution in [0.2, 0.25) is 0 Å². The Kier molecular flexibility index (Phi) is 5.98. The van der Waals surface area contributed by atoms with Gasteiger partial charge in [-0.2, -0.15) is 4.98 Å². The second-order valence-electron chi connectivity index (χ2n) is 9.02. The number of hydrogen-bond acceptors (Lipinski definition) is 7. The van der Waals surface area contributed by atoms with Gasteiger partial charge in [0, 0.05) is 37.8 Å². The number of nitrogens with zero attached hydrogens (tertiary/aromatic N) is 7. The molecule has 4 aromatic rings. The molecule has 0 radical (unpaired) electrons. The zero-order valence-electron chi connectivity index (χ0n) is 20.0. The Labute approximate surface area is 196 Å². The highest BCUT2D eigenvalue weighted by molar-refractivity contribution is 5.77. The molecule has 0 fully saturated rings. The van der Waals surface area contributed by atoms with Crippen LogP contribution < -0.4 is 21.9 Å². The number of nitrogens with two attached hydrogens (primary N) is 1. The van der Waals surface area contributed by atoms with Crippen LogP contribution in [0.4, 0.5) is 5.95 Å². The molecule has 0 bridgehead atoms. The van der Waals surface area contributed by atoms with Gasteiger partial charge >= 0.3 is 5.69 Å².